The van der Waals surface area contributed by atoms with Crippen LogP contribution in [0.15, 0.2) is 6.07 Å². The Bertz CT molecular complexity index is 809. The first-order valence-electron chi connectivity index (χ1n) is 7.96. The zero-order chi connectivity index (χ0) is 16.9. The van der Waals surface area contributed by atoms with Crippen LogP contribution < -0.4 is 25.4 Å². The molecule has 3 N–H and O–H groups in total. The average molecular weight is 333 g/mol. The van der Waals surface area contributed by atoms with Crippen LogP contribution >= 0.6 is 0 Å². The Morgan fingerprint density at radius 2 is 2.08 bits per heavy atom. The molecule has 0 atom stereocenters. The number of benzene rings is 1. The first-order valence-corrected chi connectivity index (χ1v) is 7.96. The van der Waals surface area contributed by atoms with Gasteiger partial charge < -0.3 is 25.4 Å². The molecule has 128 valence electrons. The highest BCUT2D eigenvalue weighted by molar-refractivity contribution is 5.92. The fraction of sp³-hybridized carbons (Fsp3) is 0.500. The van der Waals surface area contributed by atoms with Crippen LogP contribution in [0, 0.1) is 5.82 Å². The van der Waals surface area contributed by atoms with Crippen LogP contribution in [0.2, 0.25) is 0 Å². The third-order valence-corrected chi connectivity index (χ3v) is 4.90. The summed E-state index contributed by atoms with van der Waals surface area (Å²) in [7, 11) is 2.85. The minimum Gasteiger partial charge on any atom is -0.493 e. The predicted molar refractivity (Wildman–Crippen MR) is 89.2 cm³/mol. The fourth-order valence-electron chi connectivity index (χ4n) is 3.41. The van der Waals surface area contributed by atoms with Gasteiger partial charge in [0.15, 0.2) is 17.3 Å². The molecule has 1 saturated heterocycles. The number of nitrogens with zero attached hydrogens (tertiary/aromatic N) is 3. The molecule has 2 heterocycles. The van der Waals surface area contributed by atoms with Crippen LogP contribution in [0.3, 0.4) is 0 Å². The van der Waals surface area contributed by atoms with E-state index >= 15 is 0 Å². The molecule has 2 aliphatic rings. The van der Waals surface area contributed by atoms with Gasteiger partial charge in [0.1, 0.15) is 11.3 Å². The molecule has 1 aliphatic heterocycles. The second-order valence-electron chi connectivity index (χ2n) is 6.28. The Morgan fingerprint density at radius 1 is 1.29 bits per heavy atom. The van der Waals surface area contributed by atoms with Crippen LogP contribution in [-0.2, 0) is 0 Å². The lowest BCUT2D eigenvalue weighted by Crippen LogP contribution is -2.54. The summed E-state index contributed by atoms with van der Waals surface area (Å²) in [5.74, 6) is 0.429. The highest BCUT2D eigenvalue weighted by Crippen LogP contribution is 2.45. The molecule has 24 heavy (non-hydrogen) atoms. The van der Waals surface area contributed by atoms with Gasteiger partial charge >= 0.3 is 0 Å². The predicted octanol–water partition coefficient (Wildman–Crippen LogP) is 1.31. The Balaban J connectivity index is 1.89. The molecule has 0 unspecified atom stereocenters. The van der Waals surface area contributed by atoms with E-state index in [1.807, 2.05) is 0 Å². The van der Waals surface area contributed by atoms with Gasteiger partial charge in [0.05, 0.1) is 19.8 Å². The van der Waals surface area contributed by atoms with Crippen LogP contribution in [0.25, 0.3) is 10.9 Å². The monoisotopic (exact) mass is 333 g/mol. The number of ether oxygens (including phenoxy) is 2. The van der Waals surface area contributed by atoms with Crippen LogP contribution in [0.4, 0.5) is 16.2 Å². The molecule has 1 aliphatic carbocycles. The first kappa shape index (κ1) is 15.2. The number of rotatable bonds is 3. The molecule has 1 aromatic carbocycles. The van der Waals surface area contributed by atoms with Crippen molar-refractivity contribution in [3.8, 4) is 11.5 Å². The Morgan fingerprint density at radius 3 is 2.75 bits per heavy atom. The number of anilines is 2. The van der Waals surface area contributed by atoms with E-state index in [1.165, 1.54) is 14.2 Å². The van der Waals surface area contributed by atoms with Crippen LogP contribution in [0.1, 0.15) is 12.8 Å². The maximum absolute atomic E-state index is 14.9. The SMILES string of the molecule is COc1cc2c(N)nc(N3CCNCC34CC4)nc2c(F)c1OC. The number of fused-ring (bicyclic) bond motifs is 1. The molecule has 4 rings (SSSR count). The fourth-order valence-corrected chi connectivity index (χ4v) is 3.41. The minimum absolute atomic E-state index is 0.0236. The topological polar surface area (TPSA) is 85.5 Å². The van der Waals surface area contributed by atoms with Crippen molar-refractivity contribution in [3.63, 3.8) is 0 Å². The van der Waals surface area contributed by atoms with Crippen molar-refractivity contribution in [3.05, 3.63) is 11.9 Å². The highest BCUT2D eigenvalue weighted by Gasteiger charge is 2.50. The molecule has 1 aromatic heterocycles. The molecular weight excluding hydrogens is 313 g/mol. The third-order valence-electron chi connectivity index (χ3n) is 4.90. The summed E-state index contributed by atoms with van der Waals surface area (Å²) in [5, 5.41) is 3.82. The summed E-state index contributed by atoms with van der Waals surface area (Å²) in [6.45, 7) is 2.51. The minimum atomic E-state index is -0.581. The molecule has 2 aromatic rings. The van der Waals surface area contributed by atoms with E-state index in [1.54, 1.807) is 6.07 Å². The number of hydrogen-bond acceptors (Lipinski definition) is 7. The van der Waals surface area contributed by atoms with E-state index in [4.69, 9.17) is 15.2 Å². The van der Waals surface area contributed by atoms with Gasteiger partial charge in [-0.15, -0.1) is 0 Å². The molecule has 0 radical (unpaired) electrons. The third kappa shape index (κ3) is 2.13. The molecular formula is C16H20FN5O2. The van der Waals surface area contributed by atoms with E-state index in [0.717, 1.165) is 32.5 Å². The second kappa shape index (κ2) is 5.34. The molecule has 8 heteroatoms. The van der Waals surface area contributed by atoms with Gasteiger partial charge in [-0.1, -0.05) is 0 Å². The normalized spacial score (nSPS) is 18.9. The number of piperazine rings is 1. The number of aromatic nitrogens is 2. The maximum Gasteiger partial charge on any atom is 0.228 e. The summed E-state index contributed by atoms with van der Waals surface area (Å²) in [6.07, 6.45) is 2.16. The Kier molecular flexibility index (Phi) is 3.38. The zero-order valence-electron chi connectivity index (χ0n) is 13.7. The van der Waals surface area contributed by atoms with E-state index in [-0.39, 0.29) is 28.4 Å². The van der Waals surface area contributed by atoms with Gasteiger partial charge in [-0.25, -0.2) is 9.37 Å². The van der Waals surface area contributed by atoms with Gasteiger partial charge in [0, 0.05) is 25.0 Å². The lowest BCUT2D eigenvalue weighted by atomic mass is 10.1. The smallest absolute Gasteiger partial charge is 0.228 e. The Hall–Kier alpha value is -2.35. The lowest BCUT2D eigenvalue weighted by Gasteiger charge is -2.37. The van der Waals surface area contributed by atoms with E-state index in [2.05, 4.69) is 20.2 Å². The van der Waals surface area contributed by atoms with Crippen molar-refractivity contribution in [2.24, 2.45) is 0 Å². The molecule has 0 bridgehead atoms. The van der Waals surface area contributed by atoms with Gasteiger partial charge in [0.25, 0.3) is 0 Å². The van der Waals surface area contributed by atoms with Gasteiger partial charge in [-0.2, -0.15) is 4.98 Å². The van der Waals surface area contributed by atoms with E-state index < -0.39 is 5.82 Å². The van der Waals surface area contributed by atoms with Crippen molar-refractivity contribution >= 4 is 22.7 Å². The quantitative estimate of drug-likeness (QED) is 0.876. The molecule has 0 amide bonds. The summed E-state index contributed by atoms with van der Waals surface area (Å²) < 4.78 is 25.2. The first-order chi connectivity index (χ1) is 11.6. The molecule has 1 spiro atoms. The largest absolute Gasteiger partial charge is 0.493 e. The van der Waals surface area contributed by atoms with Gasteiger partial charge in [0.2, 0.25) is 5.95 Å². The summed E-state index contributed by atoms with van der Waals surface area (Å²) in [4.78, 5) is 11.1. The van der Waals surface area contributed by atoms with Crippen molar-refractivity contribution < 1.29 is 13.9 Å². The van der Waals surface area contributed by atoms with Crippen molar-refractivity contribution in [1.29, 1.82) is 0 Å². The lowest BCUT2D eigenvalue weighted by molar-refractivity contribution is 0.339. The van der Waals surface area contributed by atoms with Gasteiger partial charge in [-0.05, 0) is 18.9 Å². The van der Waals surface area contributed by atoms with E-state index in [9.17, 15) is 4.39 Å². The highest BCUT2D eigenvalue weighted by atomic mass is 19.1. The number of hydrogen-bond donors (Lipinski definition) is 2. The van der Waals surface area contributed by atoms with Crippen LogP contribution in [0.5, 0.6) is 11.5 Å². The van der Waals surface area contributed by atoms with Crippen LogP contribution in [-0.4, -0.2) is 49.4 Å². The summed E-state index contributed by atoms with van der Waals surface area (Å²) in [5.41, 5.74) is 6.30. The molecule has 1 saturated carbocycles. The second-order valence-corrected chi connectivity index (χ2v) is 6.28. The van der Waals surface area contributed by atoms with Gasteiger partial charge in [-0.3, -0.25) is 0 Å². The summed E-state index contributed by atoms with van der Waals surface area (Å²) in [6, 6.07) is 1.61. The van der Waals surface area contributed by atoms with Crippen molar-refractivity contribution in [1.82, 2.24) is 15.3 Å². The molecule has 2 fully saturated rings. The van der Waals surface area contributed by atoms with E-state index in [0.29, 0.717) is 11.3 Å². The number of nitrogens with one attached hydrogen (secondary N) is 1. The number of nitrogen functional groups attached to an aromatic ring is 1. The standard InChI is InChI=1S/C16H20FN5O2/c1-23-10-7-9-12(11(17)13(10)24-2)20-15(21-14(9)18)22-6-5-19-8-16(22)3-4-16/h7,19H,3-6,8H2,1-2H3,(H2,18,20,21). The number of methoxy groups -OCH3 is 2. The summed E-state index contributed by atoms with van der Waals surface area (Å²) >= 11 is 0. The maximum atomic E-state index is 14.9. The Labute approximate surface area is 139 Å². The average Bonchev–Trinajstić information content (AvgIpc) is 3.35. The molecule has 7 nitrogen and oxygen atoms in total. The number of halogens is 1. The zero-order valence-corrected chi connectivity index (χ0v) is 13.7. The van der Waals surface area contributed by atoms with Crippen molar-refractivity contribution in [2.45, 2.75) is 18.4 Å². The number of nitrogens with two attached hydrogens (primary N) is 1. The van der Waals surface area contributed by atoms with Crippen molar-refractivity contribution in [2.75, 3.05) is 44.5 Å².